The molecule has 0 radical (unpaired) electrons. The predicted molar refractivity (Wildman–Crippen MR) is 98.1 cm³/mol. The zero-order valence-electron chi connectivity index (χ0n) is 14.1. The molecule has 2 N–H and O–H groups in total. The number of hydrogen-bond donors (Lipinski definition) is 2. The van der Waals surface area contributed by atoms with Crippen LogP contribution in [0, 0.1) is 6.92 Å². The van der Waals surface area contributed by atoms with Gasteiger partial charge < -0.3 is 10.6 Å². The lowest BCUT2D eigenvalue weighted by Crippen LogP contribution is -2.23. The Morgan fingerprint density at radius 1 is 1.00 bits per heavy atom. The Labute approximate surface area is 147 Å². The number of nitrogens with zero attached hydrogens (tertiary/aromatic N) is 2. The molecule has 0 aliphatic heterocycles. The maximum Gasteiger partial charge on any atom is 0.270 e. The van der Waals surface area contributed by atoms with E-state index < -0.39 is 0 Å². The summed E-state index contributed by atoms with van der Waals surface area (Å²) in [4.78, 5) is 20.4. The normalized spacial score (nSPS) is 10.3. The molecule has 3 aromatic rings. The fraction of sp³-hybridized carbons (Fsp3) is 0.150. The van der Waals surface area contributed by atoms with Crippen molar-refractivity contribution in [3.8, 4) is 0 Å². The van der Waals surface area contributed by atoms with E-state index in [1.165, 1.54) is 11.1 Å². The molecule has 2 heterocycles. The number of amides is 1. The number of rotatable bonds is 6. The van der Waals surface area contributed by atoms with Crippen LogP contribution in [-0.4, -0.2) is 15.9 Å². The molecule has 126 valence electrons. The molecule has 0 aliphatic rings. The molecule has 2 aromatic heterocycles. The molecule has 0 fully saturated rings. The molecule has 0 saturated heterocycles. The molecular weight excluding hydrogens is 312 g/mol. The van der Waals surface area contributed by atoms with Gasteiger partial charge in [-0.25, -0.2) is 4.98 Å². The van der Waals surface area contributed by atoms with Crippen molar-refractivity contribution in [3.63, 3.8) is 0 Å². The van der Waals surface area contributed by atoms with Gasteiger partial charge in [0.15, 0.2) is 0 Å². The quantitative estimate of drug-likeness (QED) is 0.726. The van der Waals surface area contributed by atoms with Gasteiger partial charge in [0, 0.05) is 25.5 Å². The molecule has 0 spiro atoms. The van der Waals surface area contributed by atoms with E-state index in [1.807, 2.05) is 24.3 Å². The fourth-order valence-electron chi connectivity index (χ4n) is 2.43. The Balaban J connectivity index is 1.53. The van der Waals surface area contributed by atoms with Crippen molar-refractivity contribution in [3.05, 3.63) is 89.5 Å². The minimum absolute atomic E-state index is 0.200. The number of carbonyl (C=O) groups excluding carboxylic acids is 1. The first-order chi connectivity index (χ1) is 12.2. The van der Waals surface area contributed by atoms with E-state index in [-0.39, 0.29) is 5.91 Å². The van der Waals surface area contributed by atoms with Gasteiger partial charge in [-0.1, -0.05) is 35.9 Å². The monoisotopic (exact) mass is 332 g/mol. The van der Waals surface area contributed by atoms with Crippen molar-refractivity contribution in [2.24, 2.45) is 0 Å². The third-order valence-electron chi connectivity index (χ3n) is 3.75. The fourth-order valence-corrected chi connectivity index (χ4v) is 2.43. The van der Waals surface area contributed by atoms with Crippen molar-refractivity contribution in [2.45, 2.75) is 20.0 Å². The number of aromatic nitrogens is 2. The number of aryl methyl sites for hydroxylation is 1. The topological polar surface area (TPSA) is 66.9 Å². The number of carbonyl (C=O) groups is 1. The minimum atomic E-state index is -0.200. The molecule has 25 heavy (non-hydrogen) atoms. The summed E-state index contributed by atoms with van der Waals surface area (Å²) in [6.45, 7) is 3.22. The second kappa shape index (κ2) is 8.06. The van der Waals surface area contributed by atoms with Gasteiger partial charge in [0.2, 0.25) is 0 Å². The highest BCUT2D eigenvalue weighted by molar-refractivity contribution is 5.92. The lowest BCUT2D eigenvalue weighted by atomic mass is 10.1. The third kappa shape index (κ3) is 4.88. The van der Waals surface area contributed by atoms with Crippen LogP contribution in [0.2, 0.25) is 0 Å². The van der Waals surface area contributed by atoms with E-state index in [9.17, 15) is 4.79 Å². The van der Waals surface area contributed by atoms with Crippen LogP contribution in [0.4, 0.5) is 5.69 Å². The molecule has 0 saturated carbocycles. The molecule has 1 aromatic carbocycles. The van der Waals surface area contributed by atoms with Crippen LogP contribution >= 0.6 is 0 Å². The van der Waals surface area contributed by atoms with E-state index >= 15 is 0 Å². The Hall–Kier alpha value is -3.21. The van der Waals surface area contributed by atoms with Crippen molar-refractivity contribution < 1.29 is 4.79 Å². The lowest BCUT2D eigenvalue weighted by Gasteiger charge is -2.08. The molecular formula is C20H20N4O. The van der Waals surface area contributed by atoms with Crippen molar-refractivity contribution >= 4 is 11.6 Å². The standard InChI is InChI=1S/C20H20N4O/c1-15-4-2-5-16(10-15)12-22-18-7-8-19(23-14-18)20(25)24-13-17-6-3-9-21-11-17/h2-11,14,22H,12-13H2,1H3,(H,24,25). The van der Waals surface area contributed by atoms with Crippen LogP contribution in [0.15, 0.2) is 67.1 Å². The van der Waals surface area contributed by atoms with Crippen LogP contribution in [0.1, 0.15) is 27.2 Å². The second-order valence-electron chi connectivity index (χ2n) is 5.82. The zero-order chi connectivity index (χ0) is 17.5. The van der Waals surface area contributed by atoms with Gasteiger partial charge in [-0.2, -0.15) is 0 Å². The Morgan fingerprint density at radius 3 is 2.60 bits per heavy atom. The number of nitrogens with one attached hydrogen (secondary N) is 2. The van der Waals surface area contributed by atoms with E-state index in [0.717, 1.165) is 17.8 Å². The molecule has 0 aliphatic carbocycles. The summed E-state index contributed by atoms with van der Waals surface area (Å²) in [5.74, 6) is -0.200. The molecule has 0 bridgehead atoms. The first-order valence-electron chi connectivity index (χ1n) is 8.13. The van der Waals surface area contributed by atoms with Crippen LogP contribution in [0.25, 0.3) is 0 Å². The Kier molecular flexibility index (Phi) is 5.36. The van der Waals surface area contributed by atoms with Gasteiger partial charge in [0.1, 0.15) is 5.69 Å². The SMILES string of the molecule is Cc1cccc(CNc2ccc(C(=O)NCc3cccnc3)nc2)c1. The van der Waals surface area contributed by atoms with Gasteiger partial charge in [0.25, 0.3) is 5.91 Å². The van der Waals surface area contributed by atoms with Crippen LogP contribution in [0.3, 0.4) is 0 Å². The summed E-state index contributed by atoms with van der Waals surface area (Å²) in [6, 6.07) is 15.7. The van der Waals surface area contributed by atoms with Crippen molar-refractivity contribution in [1.29, 1.82) is 0 Å². The molecule has 3 rings (SSSR count). The van der Waals surface area contributed by atoms with E-state index in [1.54, 1.807) is 24.7 Å². The number of pyridine rings is 2. The third-order valence-corrected chi connectivity index (χ3v) is 3.75. The summed E-state index contributed by atoms with van der Waals surface area (Å²) in [5, 5.41) is 6.15. The summed E-state index contributed by atoms with van der Waals surface area (Å²) >= 11 is 0. The van der Waals surface area contributed by atoms with Crippen LogP contribution < -0.4 is 10.6 Å². The van der Waals surface area contributed by atoms with Crippen molar-refractivity contribution in [1.82, 2.24) is 15.3 Å². The predicted octanol–water partition coefficient (Wildman–Crippen LogP) is 3.33. The van der Waals surface area contributed by atoms with Crippen LogP contribution in [0.5, 0.6) is 0 Å². The maximum atomic E-state index is 12.1. The summed E-state index contributed by atoms with van der Waals surface area (Å²) in [7, 11) is 0. The van der Waals surface area contributed by atoms with E-state index in [4.69, 9.17) is 0 Å². The molecule has 5 heteroatoms. The lowest BCUT2D eigenvalue weighted by molar-refractivity contribution is 0.0946. The number of anilines is 1. The smallest absolute Gasteiger partial charge is 0.270 e. The summed E-state index contributed by atoms with van der Waals surface area (Å²) < 4.78 is 0. The van der Waals surface area contributed by atoms with E-state index in [0.29, 0.717) is 12.2 Å². The minimum Gasteiger partial charge on any atom is -0.380 e. The van der Waals surface area contributed by atoms with Gasteiger partial charge in [-0.15, -0.1) is 0 Å². The Morgan fingerprint density at radius 2 is 1.88 bits per heavy atom. The highest BCUT2D eigenvalue weighted by Gasteiger charge is 2.07. The Bertz CT molecular complexity index is 832. The molecule has 5 nitrogen and oxygen atoms in total. The van der Waals surface area contributed by atoms with Gasteiger partial charge in [-0.3, -0.25) is 9.78 Å². The first-order valence-corrected chi connectivity index (χ1v) is 8.13. The first kappa shape index (κ1) is 16.6. The van der Waals surface area contributed by atoms with Gasteiger partial charge in [0.05, 0.1) is 11.9 Å². The highest BCUT2D eigenvalue weighted by Crippen LogP contribution is 2.10. The number of hydrogen-bond acceptors (Lipinski definition) is 4. The average Bonchev–Trinajstić information content (AvgIpc) is 2.66. The summed E-state index contributed by atoms with van der Waals surface area (Å²) in [5.41, 5.74) is 4.67. The zero-order valence-corrected chi connectivity index (χ0v) is 14.1. The maximum absolute atomic E-state index is 12.1. The second-order valence-corrected chi connectivity index (χ2v) is 5.82. The summed E-state index contributed by atoms with van der Waals surface area (Å²) in [6.07, 6.45) is 5.11. The largest absolute Gasteiger partial charge is 0.380 e. The molecule has 0 unspecified atom stereocenters. The van der Waals surface area contributed by atoms with Crippen LogP contribution in [-0.2, 0) is 13.1 Å². The average molecular weight is 332 g/mol. The molecule has 0 atom stereocenters. The molecule has 1 amide bonds. The van der Waals surface area contributed by atoms with E-state index in [2.05, 4.69) is 45.7 Å². The number of benzene rings is 1. The highest BCUT2D eigenvalue weighted by atomic mass is 16.1. The van der Waals surface area contributed by atoms with Gasteiger partial charge in [-0.05, 0) is 36.2 Å². The van der Waals surface area contributed by atoms with Gasteiger partial charge >= 0.3 is 0 Å². The van der Waals surface area contributed by atoms with Crippen molar-refractivity contribution in [2.75, 3.05) is 5.32 Å².